The van der Waals surface area contributed by atoms with Crippen LogP contribution in [-0.2, 0) is 0 Å². The molecule has 1 aromatic heterocycles. The molecule has 0 saturated carbocycles. The number of hydrogen-bond acceptors (Lipinski definition) is 2. The number of carboxylic acids is 1. The number of rotatable bonds is 3. The first-order valence-corrected chi connectivity index (χ1v) is 5.39. The van der Waals surface area contributed by atoms with Gasteiger partial charge in [-0.15, -0.1) is 0 Å². The Bertz CT molecular complexity index is 563. The first-order chi connectivity index (χ1) is 8.06. The Labute approximate surface area is 103 Å². The number of aromatic nitrogens is 1. The van der Waals surface area contributed by atoms with Crippen molar-refractivity contribution in [2.24, 2.45) is 0 Å². The minimum absolute atomic E-state index is 0.152. The number of aromatic carboxylic acids is 1. The number of hydrogen-bond donors (Lipinski definition) is 3. The van der Waals surface area contributed by atoms with E-state index in [9.17, 15) is 4.79 Å². The highest BCUT2D eigenvalue weighted by Gasteiger charge is 2.06. The Morgan fingerprint density at radius 2 is 2.18 bits per heavy atom. The molecule has 1 heterocycles. The summed E-state index contributed by atoms with van der Waals surface area (Å²) in [4.78, 5) is 13.4. The van der Waals surface area contributed by atoms with E-state index in [2.05, 4.69) is 10.3 Å². The maximum Gasteiger partial charge on any atom is 0.352 e. The summed E-state index contributed by atoms with van der Waals surface area (Å²) in [7, 11) is 0. The number of carbonyl (C=O) groups is 1. The summed E-state index contributed by atoms with van der Waals surface area (Å²) in [5.41, 5.74) is 2.74. The minimum Gasteiger partial charge on any atom is -0.477 e. The molecule has 3 N–H and O–H groups in total. The summed E-state index contributed by atoms with van der Waals surface area (Å²) >= 11 is 5.85. The lowest BCUT2D eigenvalue weighted by Crippen LogP contribution is -1.95. The lowest BCUT2D eigenvalue weighted by molar-refractivity contribution is 0.0691. The maximum absolute atomic E-state index is 10.7. The Hall–Kier alpha value is -1.94. The van der Waals surface area contributed by atoms with Crippen LogP contribution < -0.4 is 5.32 Å². The molecule has 5 heteroatoms. The smallest absolute Gasteiger partial charge is 0.352 e. The van der Waals surface area contributed by atoms with Crippen molar-refractivity contribution in [2.45, 2.75) is 6.92 Å². The van der Waals surface area contributed by atoms with Gasteiger partial charge in [0, 0.05) is 16.9 Å². The molecule has 2 aromatic rings. The molecule has 0 saturated heterocycles. The van der Waals surface area contributed by atoms with Gasteiger partial charge in [-0.2, -0.15) is 0 Å². The summed E-state index contributed by atoms with van der Waals surface area (Å²) in [5, 5.41) is 12.6. The summed E-state index contributed by atoms with van der Waals surface area (Å²) in [6.45, 7) is 1.93. The molecule has 0 fully saturated rings. The van der Waals surface area contributed by atoms with Gasteiger partial charge in [-0.05, 0) is 36.8 Å². The molecule has 0 radical (unpaired) electrons. The number of nitrogens with one attached hydrogen (secondary N) is 2. The van der Waals surface area contributed by atoms with Gasteiger partial charge in [0.15, 0.2) is 0 Å². The molecule has 17 heavy (non-hydrogen) atoms. The average Bonchev–Trinajstić information content (AvgIpc) is 2.71. The number of benzene rings is 1. The normalized spacial score (nSPS) is 10.2. The van der Waals surface area contributed by atoms with Crippen molar-refractivity contribution < 1.29 is 9.90 Å². The van der Waals surface area contributed by atoms with Crippen LogP contribution in [0.25, 0.3) is 0 Å². The van der Waals surface area contributed by atoms with E-state index in [-0.39, 0.29) is 5.69 Å². The molecule has 1 aromatic carbocycles. The molecule has 4 nitrogen and oxygen atoms in total. The zero-order valence-electron chi connectivity index (χ0n) is 9.12. The SMILES string of the molecule is Cc1cc(Cl)ccc1Nc1c[nH]c(C(=O)O)c1. The van der Waals surface area contributed by atoms with E-state index in [0.717, 1.165) is 11.3 Å². The molecule has 2 rings (SSSR count). The van der Waals surface area contributed by atoms with Crippen molar-refractivity contribution in [3.8, 4) is 0 Å². The molecule has 88 valence electrons. The first-order valence-electron chi connectivity index (χ1n) is 5.01. The van der Waals surface area contributed by atoms with Crippen LogP contribution in [0, 0.1) is 6.92 Å². The fourth-order valence-corrected chi connectivity index (χ4v) is 1.74. The van der Waals surface area contributed by atoms with Crippen molar-refractivity contribution in [3.63, 3.8) is 0 Å². The van der Waals surface area contributed by atoms with Crippen LogP contribution >= 0.6 is 11.6 Å². The first kappa shape index (κ1) is 11.5. The van der Waals surface area contributed by atoms with Crippen molar-refractivity contribution in [3.05, 3.63) is 46.7 Å². The molecular weight excluding hydrogens is 240 g/mol. The van der Waals surface area contributed by atoms with Crippen LogP contribution in [-0.4, -0.2) is 16.1 Å². The molecule has 0 amide bonds. The van der Waals surface area contributed by atoms with Crippen molar-refractivity contribution in [2.75, 3.05) is 5.32 Å². The highest BCUT2D eigenvalue weighted by Crippen LogP contribution is 2.23. The zero-order valence-corrected chi connectivity index (χ0v) is 9.88. The second-order valence-electron chi connectivity index (χ2n) is 3.69. The number of H-pyrrole nitrogens is 1. The number of carboxylic acid groups (broad SMARTS) is 1. The van der Waals surface area contributed by atoms with Crippen molar-refractivity contribution >= 4 is 28.9 Å². The van der Waals surface area contributed by atoms with E-state index < -0.39 is 5.97 Å². The average molecular weight is 251 g/mol. The summed E-state index contributed by atoms with van der Waals surface area (Å²) in [6, 6.07) is 7.01. The number of aromatic amines is 1. The molecule has 0 aliphatic heterocycles. The topological polar surface area (TPSA) is 65.1 Å². The van der Waals surface area contributed by atoms with E-state index in [0.29, 0.717) is 10.7 Å². The minimum atomic E-state index is -0.981. The lowest BCUT2D eigenvalue weighted by atomic mass is 10.2. The predicted octanol–water partition coefficient (Wildman–Crippen LogP) is 3.42. The second-order valence-corrected chi connectivity index (χ2v) is 4.13. The van der Waals surface area contributed by atoms with Gasteiger partial charge in [0.05, 0.1) is 5.69 Å². The van der Waals surface area contributed by atoms with Gasteiger partial charge >= 0.3 is 5.97 Å². The fraction of sp³-hybridized carbons (Fsp3) is 0.0833. The molecule has 0 atom stereocenters. The standard InChI is InChI=1S/C12H11ClN2O2/c1-7-4-8(13)2-3-10(7)15-9-5-11(12(16)17)14-6-9/h2-6,14-15H,1H3,(H,16,17). The van der Waals surface area contributed by atoms with Crippen molar-refractivity contribution in [1.29, 1.82) is 0 Å². The van der Waals surface area contributed by atoms with Crippen LogP contribution in [0.5, 0.6) is 0 Å². The van der Waals surface area contributed by atoms with Gasteiger partial charge in [0.25, 0.3) is 0 Å². The summed E-state index contributed by atoms with van der Waals surface area (Å²) < 4.78 is 0. The Balaban J connectivity index is 2.22. The zero-order chi connectivity index (χ0) is 12.4. The molecule has 0 bridgehead atoms. The van der Waals surface area contributed by atoms with Gasteiger partial charge in [-0.3, -0.25) is 0 Å². The van der Waals surface area contributed by atoms with Crippen molar-refractivity contribution in [1.82, 2.24) is 4.98 Å². The molecule has 0 aliphatic rings. The van der Waals surface area contributed by atoms with E-state index >= 15 is 0 Å². The summed E-state index contributed by atoms with van der Waals surface area (Å²) in [6.07, 6.45) is 1.61. The number of aryl methyl sites for hydroxylation is 1. The van der Waals surface area contributed by atoms with Gasteiger partial charge in [-0.1, -0.05) is 11.6 Å². The number of halogens is 1. The van der Waals surface area contributed by atoms with Crippen LogP contribution in [0.2, 0.25) is 5.02 Å². The fourth-order valence-electron chi connectivity index (χ4n) is 1.51. The summed E-state index contributed by atoms with van der Waals surface area (Å²) in [5.74, 6) is -0.981. The van der Waals surface area contributed by atoms with E-state index in [4.69, 9.17) is 16.7 Å². The molecule has 0 aliphatic carbocycles. The van der Waals surface area contributed by atoms with Crippen LogP contribution in [0.1, 0.15) is 16.1 Å². The molecular formula is C12H11ClN2O2. The van der Waals surface area contributed by atoms with Crippen LogP contribution in [0.3, 0.4) is 0 Å². The van der Waals surface area contributed by atoms with Crippen LogP contribution in [0.15, 0.2) is 30.5 Å². The van der Waals surface area contributed by atoms with Crippen LogP contribution in [0.4, 0.5) is 11.4 Å². The van der Waals surface area contributed by atoms with E-state index in [1.807, 2.05) is 19.1 Å². The van der Waals surface area contributed by atoms with E-state index in [1.54, 1.807) is 12.3 Å². The van der Waals surface area contributed by atoms with Gasteiger partial charge in [0.2, 0.25) is 0 Å². The third-order valence-corrected chi connectivity index (χ3v) is 2.62. The van der Waals surface area contributed by atoms with Gasteiger partial charge < -0.3 is 15.4 Å². The quantitative estimate of drug-likeness (QED) is 0.782. The molecule has 0 spiro atoms. The lowest BCUT2D eigenvalue weighted by Gasteiger charge is -2.07. The Morgan fingerprint density at radius 1 is 1.41 bits per heavy atom. The Morgan fingerprint density at radius 3 is 2.76 bits per heavy atom. The monoisotopic (exact) mass is 250 g/mol. The largest absolute Gasteiger partial charge is 0.477 e. The maximum atomic E-state index is 10.7. The highest BCUT2D eigenvalue weighted by molar-refractivity contribution is 6.30. The second kappa shape index (κ2) is 4.51. The number of anilines is 2. The third-order valence-electron chi connectivity index (χ3n) is 2.38. The predicted molar refractivity (Wildman–Crippen MR) is 67.2 cm³/mol. The molecule has 0 unspecified atom stereocenters. The van der Waals surface area contributed by atoms with Gasteiger partial charge in [0.1, 0.15) is 5.69 Å². The third kappa shape index (κ3) is 2.60. The highest BCUT2D eigenvalue weighted by atomic mass is 35.5. The van der Waals surface area contributed by atoms with E-state index in [1.165, 1.54) is 6.07 Å². The van der Waals surface area contributed by atoms with Gasteiger partial charge in [-0.25, -0.2) is 4.79 Å². The Kier molecular flexibility index (Phi) is 3.06.